The van der Waals surface area contributed by atoms with E-state index in [1.807, 2.05) is 31.2 Å². The van der Waals surface area contributed by atoms with Gasteiger partial charge in [0.2, 0.25) is 17.7 Å². The number of carbonyl (C=O) groups is 4. The summed E-state index contributed by atoms with van der Waals surface area (Å²) in [4.78, 5) is 64.3. The number of morpholine rings is 1. The standard InChI is InChI=1S/C42H48F4N8O6/c1-26-2-3-30(48-41(58)53-7-6-27(24-53)22-42(44,45)46)20-32(26)28-19-35(52-13-15-59-16-14-52)39(47-23-28)60-17-12-50-8-10-51(11-9-50)31-18-29-25-54(40(57)37(29)33(43)21-31)34-4-5-36(55)49-38(34)56/h2-3,18-21,23,27,34H,4-17,22,24-25H2,1H3,(H,48,58)(H,49,55,56)/t27-,34?/m0/s1. The smallest absolute Gasteiger partial charge is 0.389 e. The van der Waals surface area contributed by atoms with Crippen molar-refractivity contribution in [1.29, 1.82) is 0 Å². The fourth-order valence-electron chi connectivity index (χ4n) is 8.78. The molecule has 14 nitrogen and oxygen atoms in total. The second-order valence-corrected chi connectivity index (χ2v) is 16.1. The molecule has 6 heterocycles. The molecule has 0 radical (unpaired) electrons. The lowest BCUT2D eigenvalue weighted by Crippen LogP contribution is -2.52. The number of benzene rings is 2. The van der Waals surface area contributed by atoms with Gasteiger partial charge in [0.1, 0.15) is 24.2 Å². The number of urea groups is 1. The Morgan fingerprint density at radius 1 is 0.983 bits per heavy atom. The SMILES string of the molecule is Cc1ccc(NC(=O)N2CC[C@@H](CC(F)(F)F)C2)cc1-c1cnc(OCCN2CCN(c3cc(F)c4c(c3)CN(C3CCC(=O)NC3=O)C4=O)CC2)c(N2CCOCC2)c1. The Hall–Kier alpha value is -5.49. The average molecular weight is 837 g/mol. The lowest BCUT2D eigenvalue weighted by atomic mass is 10.0. The third-order valence-electron chi connectivity index (χ3n) is 12.0. The number of nitrogens with one attached hydrogen (secondary N) is 2. The van der Waals surface area contributed by atoms with Crippen LogP contribution in [0.4, 0.5) is 39.4 Å². The highest BCUT2D eigenvalue weighted by atomic mass is 19.4. The number of halogens is 4. The van der Waals surface area contributed by atoms with E-state index >= 15 is 4.39 Å². The fourth-order valence-corrected chi connectivity index (χ4v) is 8.78. The van der Waals surface area contributed by atoms with Gasteiger partial charge in [0.25, 0.3) is 5.91 Å². The summed E-state index contributed by atoms with van der Waals surface area (Å²) in [6.45, 7) is 8.45. The molecule has 320 valence electrons. The number of piperidine rings is 1. The molecule has 0 spiro atoms. The molecular weight excluding hydrogens is 789 g/mol. The van der Waals surface area contributed by atoms with Crippen LogP contribution in [0.1, 0.15) is 47.2 Å². The summed E-state index contributed by atoms with van der Waals surface area (Å²) in [5, 5.41) is 5.14. The molecule has 60 heavy (non-hydrogen) atoms. The van der Waals surface area contributed by atoms with Gasteiger partial charge in [-0.2, -0.15) is 13.2 Å². The number of piperazine rings is 1. The van der Waals surface area contributed by atoms with Crippen molar-refractivity contribution in [3.05, 3.63) is 65.1 Å². The number of alkyl halides is 3. The molecular formula is C42H48F4N8O6. The average Bonchev–Trinajstić information content (AvgIpc) is 3.82. The lowest BCUT2D eigenvalue weighted by Gasteiger charge is -2.36. The third kappa shape index (κ3) is 9.13. The second kappa shape index (κ2) is 17.2. The quantitative estimate of drug-likeness (QED) is 0.216. The number of nitrogens with zero attached hydrogens (tertiary/aromatic N) is 6. The van der Waals surface area contributed by atoms with Gasteiger partial charge in [-0.25, -0.2) is 14.2 Å². The van der Waals surface area contributed by atoms with Crippen molar-refractivity contribution < 1.29 is 46.2 Å². The molecule has 1 unspecified atom stereocenters. The zero-order valence-electron chi connectivity index (χ0n) is 33.4. The minimum absolute atomic E-state index is 0.0200. The number of likely N-dealkylation sites (tertiary alicyclic amines) is 1. The van der Waals surface area contributed by atoms with Gasteiger partial charge in [-0.1, -0.05) is 6.07 Å². The Morgan fingerprint density at radius 2 is 1.77 bits per heavy atom. The zero-order chi connectivity index (χ0) is 42.1. The molecule has 0 aliphatic carbocycles. The predicted molar refractivity (Wildman–Crippen MR) is 213 cm³/mol. The number of imide groups is 1. The Labute approximate surface area is 344 Å². The minimum Gasteiger partial charge on any atom is -0.475 e. The monoisotopic (exact) mass is 836 g/mol. The van der Waals surface area contributed by atoms with Gasteiger partial charge in [0.15, 0.2) is 0 Å². The van der Waals surface area contributed by atoms with Crippen molar-refractivity contribution in [2.75, 3.05) is 93.8 Å². The molecule has 4 saturated heterocycles. The topological polar surface area (TPSA) is 140 Å². The van der Waals surface area contributed by atoms with Crippen molar-refractivity contribution in [2.24, 2.45) is 5.92 Å². The first-order chi connectivity index (χ1) is 28.8. The maximum atomic E-state index is 15.4. The van der Waals surface area contributed by atoms with E-state index in [1.54, 1.807) is 12.3 Å². The van der Waals surface area contributed by atoms with Crippen LogP contribution in [0.15, 0.2) is 42.6 Å². The summed E-state index contributed by atoms with van der Waals surface area (Å²) >= 11 is 0. The maximum Gasteiger partial charge on any atom is 0.389 e. The number of ether oxygens (including phenoxy) is 2. The summed E-state index contributed by atoms with van der Waals surface area (Å²) in [5.41, 5.74) is 5.14. The van der Waals surface area contributed by atoms with Crippen LogP contribution in [0.25, 0.3) is 11.1 Å². The molecule has 2 atom stereocenters. The van der Waals surface area contributed by atoms with Crippen LogP contribution >= 0.6 is 0 Å². The van der Waals surface area contributed by atoms with E-state index in [4.69, 9.17) is 14.5 Å². The molecule has 0 saturated carbocycles. The highest BCUT2D eigenvalue weighted by molar-refractivity contribution is 6.05. The van der Waals surface area contributed by atoms with E-state index in [-0.39, 0.29) is 43.9 Å². The fraction of sp³-hybridized carbons (Fsp3) is 0.500. The largest absolute Gasteiger partial charge is 0.475 e. The first kappa shape index (κ1) is 41.3. The molecule has 5 amide bonds. The van der Waals surface area contributed by atoms with Crippen molar-refractivity contribution >= 4 is 40.8 Å². The molecule has 18 heteroatoms. The second-order valence-electron chi connectivity index (χ2n) is 16.1. The molecule has 0 bridgehead atoms. The maximum absolute atomic E-state index is 15.4. The summed E-state index contributed by atoms with van der Waals surface area (Å²) in [6.07, 6.45) is -2.77. The van der Waals surface area contributed by atoms with Crippen molar-refractivity contribution in [3.63, 3.8) is 0 Å². The lowest BCUT2D eigenvalue weighted by molar-refractivity contribution is -0.143. The van der Waals surface area contributed by atoms with Crippen LogP contribution in [-0.4, -0.2) is 134 Å². The Bertz CT molecular complexity index is 2140. The van der Waals surface area contributed by atoms with Crippen LogP contribution in [0.2, 0.25) is 0 Å². The molecule has 4 fully saturated rings. The molecule has 1 aromatic heterocycles. The highest BCUT2D eigenvalue weighted by Gasteiger charge is 2.41. The van der Waals surface area contributed by atoms with E-state index in [0.29, 0.717) is 94.9 Å². The molecule has 5 aliphatic heterocycles. The number of amides is 5. The van der Waals surface area contributed by atoms with Crippen LogP contribution in [0.3, 0.4) is 0 Å². The van der Waals surface area contributed by atoms with E-state index in [0.717, 1.165) is 22.4 Å². The first-order valence-electron chi connectivity index (χ1n) is 20.4. The highest BCUT2D eigenvalue weighted by Crippen LogP contribution is 2.36. The first-order valence-corrected chi connectivity index (χ1v) is 20.4. The van der Waals surface area contributed by atoms with Gasteiger partial charge in [0, 0.05) is 101 Å². The predicted octanol–water partition coefficient (Wildman–Crippen LogP) is 4.80. The molecule has 2 aromatic carbocycles. The summed E-state index contributed by atoms with van der Waals surface area (Å²) < 4.78 is 66.2. The number of anilines is 3. The summed E-state index contributed by atoms with van der Waals surface area (Å²) in [6, 6.07) is 9.51. The Morgan fingerprint density at radius 3 is 2.52 bits per heavy atom. The molecule has 5 aliphatic rings. The normalized spacial score (nSPS) is 21.4. The van der Waals surface area contributed by atoms with Gasteiger partial charge in [-0.15, -0.1) is 0 Å². The molecule has 8 rings (SSSR count). The number of fused-ring (bicyclic) bond motifs is 1. The van der Waals surface area contributed by atoms with Crippen LogP contribution < -0.4 is 25.2 Å². The minimum atomic E-state index is -4.26. The number of hydrogen-bond donors (Lipinski definition) is 2. The van der Waals surface area contributed by atoms with E-state index < -0.39 is 48.2 Å². The number of pyridine rings is 1. The number of carbonyl (C=O) groups excluding carboxylic acids is 4. The van der Waals surface area contributed by atoms with Gasteiger partial charge in [-0.3, -0.25) is 24.6 Å². The van der Waals surface area contributed by atoms with Crippen molar-refractivity contribution in [2.45, 2.75) is 51.4 Å². The summed E-state index contributed by atoms with van der Waals surface area (Å²) in [7, 11) is 0. The van der Waals surface area contributed by atoms with Crippen molar-refractivity contribution in [3.8, 4) is 17.0 Å². The molecule has 2 N–H and O–H groups in total. The Balaban J connectivity index is 0.881. The number of aryl methyl sites for hydroxylation is 1. The van der Waals surface area contributed by atoms with Gasteiger partial charge in [-0.05, 0) is 72.7 Å². The van der Waals surface area contributed by atoms with Gasteiger partial charge < -0.3 is 34.4 Å². The zero-order valence-corrected chi connectivity index (χ0v) is 33.4. The Kier molecular flexibility index (Phi) is 11.9. The number of rotatable bonds is 10. The molecule has 3 aromatic rings. The van der Waals surface area contributed by atoms with E-state index in [1.165, 1.54) is 15.9 Å². The third-order valence-corrected chi connectivity index (χ3v) is 12.0. The van der Waals surface area contributed by atoms with Crippen LogP contribution in [-0.2, 0) is 20.9 Å². The number of hydrogen-bond acceptors (Lipinski definition) is 10. The summed E-state index contributed by atoms with van der Waals surface area (Å²) in [5.74, 6) is -2.19. The number of aromatic nitrogens is 1. The van der Waals surface area contributed by atoms with Crippen LogP contribution in [0, 0.1) is 18.7 Å². The van der Waals surface area contributed by atoms with Crippen molar-refractivity contribution in [1.82, 2.24) is 25.0 Å². The van der Waals surface area contributed by atoms with Crippen LogP contribution in [0.5, 0.6) is 5.88 Å². The van der Waals surface area contributed by atoms with E-state index in [2.05, 4.69) is 25.3 Å². The van der Waals surface area contributed by atoms with Gasteiger partial charge in [0.05, 0.1) is 18.8 Å². The van der Waals surface area contributed by atoms with Gasteiger partial charge >= 0.3 is 12.2 Å². The van der Waals surface area contributed by atoms with E-state index in [9.17, 15) is 32.3 Å².